The number of nitrogens with one attached hydrogen (secondary N) is 1. The lowest BCUT2D eigenvalue weighted by Gasteiger charge is -2.28. The van der Waals surface area contributed by atoms with Crippen LogP contribution in [-0.2, 0) is 11.3 Å². The molecule has 1 aliphatic rings. The van der Waals surface area contributed by atoms with Crippen molar-refractivity contribution in [3.8, 4) is 0 Å². The zero-order valence-corrected chi connectivity index (χ0v) is 13.7. The van der Waals surface area contributed by atoms with Gasteiger partial charge >= 0.3 is 0 Å². The van der Waals surface area contributed by atoms with Crippen LogP contribution in [0.3, 0.4) is 0 Å². The second-order valence-electron chi connectivity index (χ2n) is 5.26. The Kier molecular flexibility index (Phi) is 4.71. The molecule has 2 aromatic rings. The SMILES string of the molecule is CCCNC(=O)c1ccc(CN2C(=O)CSc3ccccc32)o1. The summed E-state index contributed by atoms with van der Waals surface area (Å²) in [7, 11) is 0. The van der Waals surface area contributed by atoms with E-state index in [9.17, 15) is 9.59 Å². The minimum atomic E-state index is -0.223. The minimum Gasteiger partial charge on any atom is -0.454 e. The molecule has 0 aliphatic carbocycles. The van der Waals surface area contributed by atoms with Crippen LogP contribution in [0.25, 0.3) is 0 Å². The van der Waals surface area contributed by atoms with Crippen molar-refractivity contribution in [3.63, 3.8) is 0 Å². The van der Waals surface area contributed by atoms with Gasteiger partial charge in [-0.1, -0.05) is 19.1 Å². The fourth-order valence-electron chi connectivity index (χ4n) is 2.39. The molecule has 1 aromatic heterocycles. The summed E-state index contributed by atoms with van der Waals surface area (Å²) < 4.78 is 5.60. The number of para-hydroxylation sites is 1. The molecule has 0 bridgehead atoms. The van der Waals surface area contributed by atoms with E-state index in [1.54, 1.807) is 28.8 Å². The number of amides is 2. The quantitative estimate of drug-likeness (QED) is 0.915. The van der Waals surface area contributed by atoms with E-state index < -0.39 is 0 Å². The number of hydrogen-bond donors (Lipinski definition) is 1. The van der Waals surface area contributed by atoms with Crippen LogP contribution in [-0.4, -0.2) is 24.1 Å². The molecule has 1 N–H and O–H groups in total. The first-order chi connectivity index (χ1) is 11.2. The maximum atomic E-state index is 12.2. The number of rotatable bonds is 5. The molecule has 0 saturated carbocycles. The van der Waals surface area contributed by atoms with E-state index >= 15 is 0 Å². The smallest absolute Gasteiger partial charge is 0.286 e. The molecule has 0 atom stereocenters. The van der Waals surface area contributed by atoms with Gasteiger partial charge < -0.3 is 14.6 Å². The zero-order chi connectivity index (χ0) is 16.2. The van der Waals surface area contributed by atoms with Gasteiger partial charge in [-0.25, -0.2) is 0 Å². The van der Waals surface area contributed by atoms with Crippen LogP contribution < -0.4 is 10.2 Å². The normalized spacial score (nSPS) is 13.8. The van der Waals surface area contributed by atoms with Gasteiger partial charge in [0, 0.05) is 11.4 Å². The largest absolute Gasteiger partial charge is 0.454 e. The molecule has 0 unspecified atom stereocenters. The number of anilines is 1. The Morgan fingerprint density at radius 1 is 1.30 bits per heavy atom. The average molecular weight is 330 g/mol. The maximum Gasteiger partial charge on any atom is 0.286 e. The van der Waals surface area contributed by atoms with Crippen LogP contribution in [0.15, 0.2) is 45.7 Å². The summed E-state index contributed by atoms with van der Waals surface area (Å²) >= 11 is 1.54. The summed E-state index contributed by atoms with van der Waals surface area (Å²) in [6, 6.07) is 11.2. The molecule has 0 radical (unpaired) electrons. The molecule has 23 heavy (non-hydrogen) atoms. The first-order valence-electron chi connectivity index (χ1n) is 7.58. The van der Waals surface area contributed by atoms with Crippen LogP contribution in [0.1, 0.15) is 29.7 Å². The lowest BCUT2D eigenvalue weighted by molar-refractivity contribution is -0.116. The van der Waals surface area contributed by atoms with Crippen molar-refractivity contribution < 1.29 is 14.0 Å². The number of thioether (sulfide) groups is 1. The molecular weight excluding hydrogens is 312 g/mol. The number of fused-ring (bicyclic) bond motifs is 1. The van der Waals surface area contributed by atoms with Crippen molar-refractivity contribution >= 4 is 29.3 Å². The predicted octanol–water partition coefficient (Wildman–Crippen LogP) is 3.06. The highest BCUT2D eigenvalue weighted by Crippen LogP contribution is 2.35. The molecular formula is C17H18N2O3S. The Balaban J connectivity index is 1.76. The molecule has 1 aliphatic heterocycles. The predicted molar refractivity (Wildman–Crippen MR) is 89.7 cm³/mol. The van der Waals surface area contributed by atoms with Crippen molar-refractivity contribution in [3.05, 3.63) is 47.9 Å². The summed E-state index contributed by atoms with van der Waals surface area (Å²) in [6.45, 7) is 2.94. The second-order valence-corrected chi connectivity index (χ2v) is 6.28. The average Bonchev–Trinajstić information content (AvgIpc) is 3.04. The third kappa shape index (κ3) is 3.42. The Morgan fingerprint density at radius 2 is 2.13 bits per heavy atom. The van der Waals surface area contributed by atoms with E-state index in [1.807, 2.05) is 31.2 Å². The van der Waals surface area contributed by atoms with E-state index in [-0.39, 0.29) is 17.6 Å². The van der Waals surface area contributed by atoms with E-state index in [2.05, 4.69) is 5.32 Å². The number of carbonyl (C=O) groups excluding carboxylic acids is 2. The summed E-state index contributed by atoms with van der Waals surface area (Å²) in [6.07, 6.45) is 0.871. The molecule has 0 fully saturated rings. The standard InChI is InChI=1S/C17H18N2O3S/c1-2-9-18-17(21)14-8-7-12(22-14)10-19-13-5-3-4-6-15(13)23-11-16(19)20/h3-8H,2,9-11H2,1H3,(H,18,21). The first-order valence-corrected chi connectivity index (χ1v) is 8.56. The van der Waals surface area contributed by atoms with Gasteiger partial charge in [-0.05, 0) is 30.7 Å². The van der Waals surface area contributed by atoms with Gasteiger partial charge in [0.1, 0.15) is 5.76 Å². The van der Waals surface area contributed by atoms with Gasteiger partial charge in [0.25, 0.3) is 5.91 Å². The number of nitrogens with zero attached hydrogens (tertiary/aromatic N) is 1. The number of benzene rings is 1. The van der Waals surface area contributed by atoms with Gasteiger partial charge in [-0.2, -0.15) is 0 Å². The third-order valence-corrected chi connectivity index (χ3v) is 4.59. The Labute approximate surface area is 139 Å². The van der Waals surface area contributed by atoms with Crippen LogP contribution in [0.4, 0.5) is 5.69 Å². The Hall–Kier alpha value is -2.21. The molecule has 2 heterocycles. The summed E-state index contributed by atoms with van der Waals surface area (Å²) in [4.78, 5) is 26.9. The fraction of sp³-hybridized carbons (Fsp3) is 0.294. The number of carbonyl (C=O) groups is 2. The Morgan fingerprint density at radius 3 is 2.96 bits per heavy atom. The van der Waals surface area contributed by atoms with Gasteiger partial charge in [0.15, 0.2) is 5.76 Å². The number of hydrogen-bond acceptors (Lipinski definition) is 4. The molecule has 1 aromatic carbocycles. The maximum absolute atomic E-state index is 12.2. The topological polar surface area (TPSA) is 62.6 Å². The Bertz CT molecular complexity index is 726. The van der Waals surface area contributed by atoms with Gasteiger partial charge in [0.2, 0.25) is 5.91 Å². The summed E-state index contributed by atoms with van der Waals surface area (Å²) in [5, 5.41) is 2.77. The van der Waals surface area contributed by atoms with E-state index in [0.717, 1.165) is 17.0 Å². The first kappa shape index (κ1) is 15.7. The highest BCUT2D eigenvalue weighted by molar-refractivity contribution is 8.00. The van der Waals surface area contributed by atoms with Gasteiger partial charge in [-0.15, -0.1) is 11.8 Å². The second kappa shape index (κ2) is 6.91. The van der Waals surface area contributed by atoms with E-state index in [1.165, 1.54) is 0 Å². The van der Waals surface area contributed by atoms with Crippen LogP contribution in [0.5, 0.6) is 0 Å². The molecule has 120 valence electrons. The van der Waals surface area contributed by atoms with Crippen LogP contribution in [0.2, 0.25) is 0 Å². The zero-order valence-electron chi connectivity index (χ0n) is 12.9. The molecule has 0 saturated heterocycles. The summed E-state index contributed by atoms with van der Waals surface area (Å²) in [5.74, 6) is 1.12. The van der Waals surface area contributed by atoms with Gasteiger partial charge in [-0.3, -0.25) is 9.59 Å². The van der Waals surface area contributed by atoms with Crippen molar-refractivity contribution in [2.45, 2.75) is 24.8 Å². The highest BCUT2D eigenvalue weighted by atomic mass is 32.2. The van der Waals surface area contributed by atoms with E-state index in [0.29, 0.717) is 24.6 Å². The molecule has 0 spiro atoms. The van der Waals surface area contributed by atoms with Crippen molar-refractivity contribution in [2.24, 2.45) is 0 Å². The van der Waals surface area contributed by atoms with Gasteiger partial charge in [0.05, 0.1) is 18.0 Å². The monoisotopic (exact) mass is 330 g/mol. The van der Waals surface area contributed by atoms with Crippen LogP contribution in [0, 0.1) is 0 Å². The van der Waals surface area contributed by atoms with Crippen molar-refractivity contribution in [1.29, 1.82) is 0 Å². The molecule has 2 amide bonds. The lowest BCUT2D eigenvalue weighted by atomic mass is 10.2. The molecule has 6 heteroatoms. The molecule has 5 nitrogen and oxygen atoms in total. The number of furan rings is 1. The van der Waals surface area contributed by atoms with Crippen molar-refractivity contribution in [2.75, 3.05) is 17.2 Å². The third-order valence-electron chi connectivity index (χ3n) is 3.54. The fourth-order valence-corrected chi connectivity index (χ4v) is 3.33. The summed E-state index contributed by atoms with van der Waals surface area (Å²) in [5.41, 5.74) is 0.891. The van der Waals surface area contributed by atoms with E-state index in [4.69, 9.17) is 4.42 Å². The highest BCUT2D eigenvalue weighted by Gasteiger charge is 2.25. The molecule has 3 rings (SSSR count). The van der Waals surface area contributed by atoms with Crippen LogP contribution >= 0.6 is 11.8 Å². The minimum absolute atomic E-state index is 0.0436. The lowest BCUT2D eigenvalue weighted by Crippen LogP contribution is -2.34. The van der Waals surface area contributed by atoms with Crippen molar-refractivity contribution in [1.82, 2.24) is 5.32 Å².